The first-order chi connectivity index (χ1) is 7.03. The molecule has 1 aliphatic heterocycles. The molecule has 1 saturated heterocycles. The van der Waals surface area contributed by atoms with Crippen molar-refractivity contribution in [3.05, 3.63) is 0 Å². The van der Waals surface area contributed by atoms with Crippen LogP contribution < -0.4 is 0 Å². The fraction of sp³-hybridized carbons (Fsp3) is 0.846. The van der Waals surface area contributed by atoms with Crippen molar-refractivity contribution >= 4 is 11.9 Å². The first-order valence-corrected chi connectivity index (χ1v) is 5.79. The van der Waals surface area contributed by atoms with Crippen LogP contribution in [-0.4, -0.2) is 11.9 Å². The van der Waals surface area contributed by atoms with Crippen molar-refractivity contribution < 1.29 is 14.3 Å². The van der Waals surface area contributed by atoms with E-state index in [2.05, 4.69) is 0 Å². The van der Waals surface area contributed by atoms with E-state index in [0.717, 1.165) is 0 Å². The summed E-state index contributed by atoms with van der Waals surface area (Å²) in [5, 5.41) is 0. The minimum absolute atomic E-state index is 0.152. The van der Waals surface area contributed by atoms with Gasteiger partial charge < -0.3 is 4.74 Å². The van der Waals surface area contributed by atoms with Crippen molar-refractivity contribution in [2.75, 3.05) is 0 Å². The van der Waals surface area contributed by atoms with Gasteiger partial charge in [-0.2, -0.15) is 0 Å². The van der Waals surface area contributed by atoms with Gasteiger partial charge in [-0.05, 0) is 17.3 Å². The number of rotatable bonds is 0. The van der Waals surface area contributed by atoms with Crippen LogP contribution in [0.5, 0.6) is 0 Å². The first kappa shape index (κ1) is 13.2. The van der Waals surface area contributed by atoms with E-state index in [1.165, 1.54) is 0 Å². The zero-order valence-corrected chi connectivity index (χ0v) is 11.1. The highest BCUT2D eigenvalue weighted by Crippen LogP contribution is 2.42. The summed E-state index contributed by atoms with van der Waals surface area (Å²) < 4.78 is 4.89. The van der Waals surface area contributed by atoms with Crippen LogP contribution in [0.2, 0.25) is 0 Å². The second kappa shape index (κ2) is 3.86. The van der Waals surface area contributed by atoms with Crippen LogP contribution in [0.1, 0.15) is 48.0 Å². The molecule has 0 spiro atoms. The lowest BCUT2D eigenvalue weighted by molar-refractivity contribution is -0.179. The monoisotopic (exact) mass is 226 g/mol. The molecule has 1 rings (SSSR count). The van der Waals surface area contributed by atoms with Gasteiger partial charge in [0.2, 0.25) is 0 Å². The lowest BCUT2D eigenvalue weighted by Gasteiger charge is -2.39. The maximum absolute atomic E-state index is 11.7. The Hall–Kier alpha value is -0.860. The molecule has 0 aromatic carbocycles. The minimum Gasteiger partial charge on any atom is -0.393 e. The second-order valence-electron chi connectivity index (χ2n) is 6.81. The van der Waals surface area contributed by atoms with Gasteiger partial charge >= 0.3 is 11.9 Å². The van der Waals surface area contributed by atoms with Gasteiger partial charge in [0.05, 0.1) is 11.8 Å². The fourth-order valence-corrected chi connectivity index (χ4v) is 2.08. The van der Waals surface area contributed by atoms with Crippen molar-refractivity contribution in [1.29, 1.82) is 0 Å². The highest BCUT2D eigenvalue weighted by atomic mass is 16.6. The maximum Gasteiger partial charge on any atom is 0.317 e. The van der Waals surface area contributed by atoms with Gasteiger partial charge in [-0.15, -0.1) is 0 Å². The van der Waals surface area contributed by atoms with Crippen LogP contribution >= 0.6 is 0 Å². The van der Waals surface area contributed by atoms with Crippen LogP contribution in [0.15, 0.2) is 0 Å². The number of carbonyl (C=O) groups is 2. The lowest BCUT2D eigenvalue weighted by Crippen LogP contribution is -2.45. The molecular formula is C13H22O3. The summed E-state index contributed by atoms with van der Waals surface area (Å²) in [6.07, 6.45) is 0.602. The molecule has 0 amide bonds. The highest BCUT2D eigenvalue weighted by molar-refractivity contribution is 5.91. The molecule has 0 radical (unpaired) electrons. The number of esters is 2. The van der Waals surface area contributed by atoms with E-state index in [1.807, 2.05) is 41.5 Å². The standard InChI is InChI=1S/C13H22O3/c1-12(2,3)8-7-9(13(4,5)6)11(15)16-10(8)14/h8-9H,7H2,1-6H3/t8-,9?/m1/s1. The quantitative estimate of drug-likeness (QED) is 0.471. The normalized spacial score (nSPS) is 27.9. The molecule has 1 unspecified atom stereocenters. The number of hydrogen-bond donors (Lipinski definition) is 0. The molecule has 3 heteroatoms. The van der Waals surface area contributed by atoms with E-state index in [-0.39, 0.29) is 34.6 Å². The van der Waals surface area contributed by atoms with Crippen molar-refractivity contribution in [3.8, 4) is 0 Å². The average Bonchev–Trinajstić information content (AvgIpc) is 1.97. The van der Waals surface area contributed by atoms with Crippen molar-refractivity contribution in [1.82, 2.24) is 0 Å². The number of hydrogen-bond acceptors (Lipinski definition) is 3. The molecule has 1 heterocycles. The van der Waals surface area contributed by atoms with E-state index < -0.39 is 0 Å². The third kappa shape index (κ3) is 2.63. The molecule has 0 N–H and O–H groups in total. The van der Waals surface area contributed by atoms with Gasteiger partial charge in [-0.1, -0.05) is 41.5 Å². The zero-order valence-electron chi connectivity index (χ0n) is 11.1. The minimum atomic E-state index is -0.363. The molecule has 0 aromatic rings. The van der Waals surface area contributed by atoms with Gasteiger partial charge in [-0.3, -0.25) is 9.59 Å². The van der Waals surface area contributed by atoms with Crippen LogP contribution in [0.25, 0.3) is 0 Å². The fourth-order valence-electron chi connectivity index (χ4n) is 2.08. The molecular weight excluding hydrogens is 204 g/mol. The Morgan fingerprint density at radius 3 is 1.44 bits per heavy atom. The molecule has 0 aromatic heterocycles. The Balaban J connectivity index is 2.94. The third-order valence-electron chi connectivity index (χ3n) is 3.33. The van der Waals surface area contributed by atoms with E-state index in [1.54, 1.807) is 0 Å². The summed E-state index contributed by atoms with van der Waals surface area (Å²) in [5.74, 6) is -1.10. The zero-order chi connectivity index (χ0) is 12.7. The largest absolute Gasteiger partial charge is 0.393 e. The van der Waals surface area contributed by atoms with Crippen molar-refractivity contribution in [2.45, 2.75) is 48.0 Å². The maximum atomic E-state index is 11.7. The summed E-state index contributed by atoms with van der Waals surface area (Å²) in [7, 11) is 0. The predicted molar refractivity (Wildman–Crippen MR) is 61.6 cm³/mol. The average molecular weight is 226 g/mol. The Kier molecular flexibility index (Phi) is 3.19. The number of carbonyl (C=O) groups excluding carboxylic acids is 2. The molecule has 92 valence electrons. The Bertz CT molecular complexity index is 274. The van der Waals surface area contributed by atoms with Crippen LogP contribution in [0.3, 0.4) is 0 Å². The second-order valence-corrected chi connectivity index (χ2v) is 6.81. The van der Waals surface area contributed by atoms with Gasteiger partial charge in [0.15, 0.2) is 0 Å². The smallest absolute Gasteiger partial charge is 0.317 e. The summed E-state index contributed by atoms with van der Waals surface area (Å²) in [6, 6.07) is 0. The van der Waals surface area contributed by atoms with Gasteiger partial charge in [0, 0.05) is 0 Å². The summed E-state index contributed by atoms with van der Waals surface area (Å²) in [5.41, 5.74) is -0.303. The summed E-state index contributed by atoms with van der Waals surface area (Å²) in [4.78, 5) is 23.4. The Morgan fingerprint density at radius 2 is 1.19 bits per heavy atom. The molecule has 1 aliphatic rings. The summed E-state index contributed by atoms with van der Waals surface area (Å²) in [6.45, 7) is 12.1. The molecule has 1 fully saturated rings. The molecule has 0 aliphatic carbocycles. The van der Waals surface area contributed by atoms with E-state index in [0.29, 0.717) is 6.42 Å². The molecule has 16 heavy (non-hydrogen) atoms. The van der Waals surface area contributed by atoms with Gasteiger partial charge in [0.1, 0.15) is 0 Å². The van der Waals surface area contributed by atoms with Crippen LogP contribution in [0, 0.1) is 22.7 Å². The van der Waals surface area contributed by atoms with E-state index in [4.69, 9.17) is 4.74 Å². The number of ether oxygens (including phenoxy) is 1. The van der Waals surface area contributed by atoms with Crippen molar-refractivity contribution in [2.24, 2.45) is 22.7 Å². The topological polar surface area (TPSA) is 43.4 Å². The predicted octanol–water partition coefficient (Wildman–Crippen LogP) is 2.78. The highest BCUT2D eigenvalue weighted by Gasteiger charge is 2.46. The first-order valence-electron chi connectivity index (χ1n) is 5.79. The SMILES string of the molecule is CC(C)(C)C1C[C@@H](C(C)(C)C)C(=O)OC1=O. The van der Waals surface area contributed by atoms with Gasteiger partial charge in [-0.25, -0.2) is 0 Å². The molecule has 2 atom stereocenters. The van der Waals surface area contributed by atoms with Gasteiger partial charge in [0.25, 0.3) is 0 Å². The molecule has 3 nitrogen and oxygen atoms in total. The number of cyclic esters (lactones) is 2. The van der Waals surface area contributed by atoms with E-state index >= 15 is 0 Å². The summed E-state index contributed by atoms with van der Waals surface area (Å²) >= 11 is 0. The third-order valence-corrected chi connectivity index (χ3v) is 3.33. The molecule has 0 saturated carbocycles. The van der Waals surface area contributed by atoms with E-state index in [9.17, 15) is 9.59 Å². The Morgan fingerprint density at radius 1 is 0.875 bits per heavy atom. The lowest BCUT2D eigenvalue weighted by atomic mass is 9.68. The molecule has 0 bridgehead atoms. The van der Waals surface area contributed by atoms with Crippen molar-refractivity contribution in [3.63, 3.8) is 0 Å². The van der Waals surface area contributed by atoms with Crippen LogP contribution in [0.4, 0.5) is 0 Å². The van der Waals surface area contributed by atoms with Crippen LogP contribution in [-0.2, 0) is 14.3 Å². The Labute approximate surface area is 97.5 Å².